The van der Waals surface area contributed by atoms with Crippen LogP contribution in [0.3, 0.4) is 0 Å². The van der Waals surface area contributed by atoms with Crippen LogP contribution in [0.25, 0.3) is 11.1 Å². The van der Waals surface area contributed by atoms with Gasteiger partial charge in [-0.05, 0) is 41.7 Å². The molecule has 1 heterocycles. The molecule has 0 spiro atoms. The van der Waals surface area contributed by atoms with Crippen LogP contribution in [-0.2, 0) is 0 Å². The minimum Gasteiger partial charge on any atom is -0.395 e. The summed E-state index contributed by atoms with van der Waals surface area (Å²) in [5.41, 5.74) is 2.86. The van der Waals surface area contributed by atoms with Crippen LogP contribution in [0.2, 0.25) is 0 Å². The molecule has 0 bridgehead atoms. The maximum Gasteiger partial charge on any atom is 0.390 e. The van der Waals surface area contributed by atoms with Crippen molar-refractivity contribution in [2.45, 2.75) is 62.3 Å². The lowest BCUT2D eigenvalue weighted by molar-refractivity contribution is -0.150. The van der Waals surface area contributed by atoms with E-state index in [2.05, 4.69) is 5.32 Å². The SMILES string of the molecule is OC[C@@H]1[C@H](c2ccc(-c3ccc(F)cc3)cc2)[C@H](CNC2CCCC2)N1CCC(F)(F)F. The molecule has 2 aromatic carbocycles. The van der Waals surface area contributed by atoms with E-state index in [4.69, 9.17) is 0 Å². The molecule has 0 aromatic heterocycles. The van der Waals surface area contributed by atoms with Crippen LogP contribution in [0.4, 0.5) is 17.6 Å². The largest absolute Gasteiger partial charge is 0.395 e. The van der Waals surface area contributed by atoms with E-state index < -0.39 is 12.6 Å². The lowest BCUT2D eigenvalue weighted by Crippen LogP contribution is -2.67. The summed E-state index contributed by atoms with van der Waals surface area (Å²) in [7, 11) is 0. The van der Waals surface area contributed by atoms with Crippen molar-refractivity contribution in [2.24, 2.45) is 0 Å². The van der Waals surface area contributed by atoms with Crippen molar-refractivity contribution in [1.82, 2.24) is 10.2 Å². The van der Waals surface area contributed by atoms with Gasteiger partial charge in [-0.3, -0.25) is 4.90 Å². The van der Waals surface area contributed by atoms with Crippen LogP contribution < -0.4 is 5.32 Å². The Morgan fingerprint density at radius 3 is 2.06 bits per heavy atom. The Hall–Kier alpha value is -1.96. The van der Waals surface area contributed by atoms with E-state index >= 15 is 0 Å². The fourth-order valence-electron chi connectivity index (χ4n) is 5.27. The highest BCUT2D eigenvalue weighted by molar-refractivity contribution is 5.63. The molecule has 1 aliphatic carbocycles. The van der Waals surface area contributed by atoms with Crippen LogP contribution in [0.1, 0.15) is 43.6 Å². The van der Waals surface area contributed by atoms with E-state index in [0.717, 1.165) is 29.5 Å². The highest BCUT2D eigenvalue weighted by atomic mass is 19.4. The number of rotatable bonds is 8. The molecule has 2 fully saturated rings. The Balaban J connectivity index is 1.51. The maximum absolute atomic E-state index is 13.2. The lowest BCUT2D eigenvalue weighted by Gasteiger charge is -2.55. The van der Waals surface area contributed by atoms with E-state index in [9.17, 15) is 22.7 Å². The number of nitrogens with one attached hydrogen (secondary N) is 1. The number of aliphatic hydroxyl groups excluding tert-OH is 1. The summed E-state index contributed by atoms with van der Waals surface area (Å²) in [5, 5.41) is 13.6. The highest BCUT2D eigenvalue weighted by Crippen LogP contribution is 2.42. The first-order chi connectivity index (χ1) is 15.4. The van der Waals surface area contributed by atoms with Gasteiger partial charge in [0.1, 0.15) is 5.82 Å². The van der Waals surface area contributed by atoms with Gasteiger partial charge in [-0.15, -0.1) is 0 Å². The van der Waals surface area contributed by atoms with Gasteiger partial charge in [0.05, 0.1) is 13.0 Å². The van der Waals surface area contributed by atoms with Crippen molar-refractivity contribution in [3.05, 3.63) is 59.9 Å². The fraction of sp³-hybridized carbons (Fsp3) is 0.520. The summed E-state index contributed by atoms with van der Waals surface area (Å²) in [6.45, 7) is 0.335. The van der Waals surface area contributed by atoms with Gasteiger partial charge in [0.25, 0.3) is 0 Å². The predicted molar refractivity (Wildman–Crippen MR) is 117 cm³/mol. The first-order valence-corrected chi connectivity index (χ1v) is 11.4. The third kappa shape index (κ3) is 5.33. The number of aliphatic hydroxyl groups is 1. The summed E-state index contributed by atoms with van der Waals surface area (Å²) in [5.74, 6) is -0.327. The van der Waals surface area contributed by atoms with Crippen molar-refractivity contribution in [1.29, 1.82) is 0 Å². The Labute approximate surface area is 186 Å². The molecule has 3 atom stereocenters. The smallest absolute Gasteiger partial charge is 0.390 e. The van der Waals surface area contributed by atoms with Gasteiger partial charge < -0.3 is 10.4 Å². The van der Waals surface area contributed by atoms with Gasteiger partial charge in [-0.1, -0.05) is 49.2 Å². The molecule has 1 saturated heterocycles. The molecule has 3 nitrogen and oxygen atoms in total. The summed E-state index contributed by atoms with van der Waals surface area (Å²) in [4.78, 5) is 1.81. The molecule has 2 aromatic rings. The summed E-state index contributed by atoms with van der Waals surface area (Å²) >= 11 is 0. The second kappa shape index (κ2) is 9.89. The van der Waals surface area contributed by atoms with E-state index in [0.29, 0.717) is 12.6 Å². The van der Waals surface area contributed by atoms with Gasteiger partial charge in [0.15, 0.2) is 0 Å². The maximum atomic E-state index is 13.2. The van der Waals surface area contributed by atoms with Gasteiger partial charge in [-0.25, -0.2) is 4.39 Å². The molecule has 1 aliphatic heterocycles. The zero-order chi connectivity index (χ0) is 22.7. The zero-order valence-electron chi connectivity index (χ0n) is 18.0. The molecular weight excluding hydrogens is 420 g/mol. The minimum absolute atomic E-state index is 0.0376. The van der Waals surface area contributed by atoms with E-state index in [1.165, 1.54) is 25.0 Å². The van der Waals surface area contributed by atoms with E-state index in [-0.39, 0.29) is 37.0 Å². The topological polar surface area (TPSA) is 35.5 Å². The second-order valence-electron chi connectivity index (χ2n) is 8.96. The number of likely N-dealkylation sites (tertiary alicyclic amines) is 1. The Morgan fingerprint density at radius 1 is 0.906 bits per heavy atom. The fourth-order valence-corrected chi connectivity index (χ4v) is 5.27. The molecule has 7 heteroatoms. The number of hydrogen-bond donors (Lipinski definition) is 2. The molecule has 174 valence electrons. The summed E-state index contributed by atoms with van der Waals surface area (Å²) < 4.78 is 51.9. The first kappa shape index (κ1) is 23.2. The normalized spacial score (nSPS) is 24.6. The van der Waals surface area contributed by atoms with Crippen LogP contribution in [0, 0.1) is 5.82 Å². The predicted octanol–water partition coefficient (Wildman–Crippen LogP) is 5.11. The number of nitrogens with zero attached hydrogens (tertiary/aromatic N) is 1. The molecule has 0 unspecified atom stereocenters. The standard InChI is InChI=1S/C25H30F4N2O/c26-20-11-9-18(10-12-20)17-5-7-19(8-6-17)24-22(15-30-21-3-1-2-4-21)31(23(24)16-32)14-13-25(27,28)29/h5-12,21-24,30,32H,1-4,13-16H2/t22-,23+,24+/m0/s1. The van der Waals surface area contributed by atoms with E-state index in [1.54, 1.807) is 12.1 Å². The average molecular weight is 451 g/mol. The average Bonchev–Trinajstić information content (AvgIpc) is 3.27. The van der Waals surface area contributed by atoms with Gasteiger partial charge >= 0.3 is 6.18 Å². The number of hydrogen-bond acceptors (Lipinski definition) is 3. The van der Waals surface area contributed by atoms with Gasteiger partial charge in [-0.2, -0.15) is 13.2 Å². The summed E-state index contributed by atoms with van der Waals surface area (Å²) in [6.07, 6.45) is -0.502. The Bertz CT molecular complexity index is 863. The Morgan fingerprint density at radius 2 is 1.50 bits per heavy atom. The quantitative estimate of drug-likeness (QED) is 0.549. The van der Waals surface area contributed by atoms with E-state index in [1.807, 2.05) is 29.2 Å². The summed E-state index contributed by atoms with van der Waals surface area (Å²) in [6, 6.07) is 14.2. The van der Waals surface area contributed by atoms with Crippen LogP contribution in [0.15, 0.2) is 48.5 Å². The van der Waals surface area contributed by atoms with Crippen LogP contribution >= 0.6 is 0 Å². The molecule has 0 radical (unpaired) electrons. The lowest BCUT2D eigenvalue weighted by atomic mass is 9.74. The zero-order valence-corrected chi connectivity index (χ0v) is 18.0. The van der Waals surface area contributed by atoms with Crippen molar-refractivity contribution in [3.8, 4) is 11.1 Å². The highest BCUT2D eigenvalue weighted by Gasteiger charge is 2.49. The third-order valence-corrected chi connectivity index (χ3v) is 6.97. The molecule has 2 aliphatic rings. The molecule has 2 N–H and O–H groups in total. The van der Waals surface area contributed by atoms with Gasteiger partial charge in [0.2, 0.25) is 0 Å². The second-order valence-corrected chi connectivity index (χ2v) is 8.96. The molecule has 32 heavy (non-hydrogen) atoms. The third-order valence-electron chi connectivity index (χ3n) is 6.97. The first-order valence-electron chi connectivity index (χ1n) is 11.4. The number of halogens is 4. The van der Waals surface area contributed by atoms with Crippen molar-refractivity contribution in [3.63, 3.8) is 0 Å². The molecular formula is C25H30F4N2O. The Kier molecular flexibility index (Phi) is 7.17. The minimum atomic E-state index is -4.22. The molecule has 1 saturated carbocycles. The molecule has 0 amide bonds. The number of benzene rings is 2. The van der Waals surface area contributed by atoms with Gasteiger partial charge in [0, 0.05) is 37.1 Å². The monoisotopic (exact) mass is 450 g/mol. The molecule has 4 rings (SSSR count). The van der Waals surface area contributed by atoms with Crippen LogP contribution in [-0.4, -0.2) is 54.0 Å². The van der Waals surface area contributed by atoms with Crippen molar-refractivity contribution >= 4 is 0 Å². The van der Waals surface area contributed by atoms with Crippen molar-refractivity contribution in [2.75, 3.05) is 19.7 Å². The van der Waals surface area contributed by atoms with Crippen molar-refractivity contribution < 1.29 is 22.7 Å². The number of alkyl halides is 3. The van der Waals surface area contributed by atoms with Crippen LogP contribution in [0.5, 0.6) is 0 Å².